The van der Waals surface area contributed by atoms with E-state index in [1.165, 1.54) is 32.0 Å². The van der Waals surface area contributed by atoms with Crippen molar-refractivity contribution in [1.82, 2.24) is 4.98 Å². The van der Waals surface area contributed by atoms with Gasteiger partial charge in [0.05, 0.1) is 22.2 Å². The van der Waals surface area contributed by atoms with Gasteiger partial charge in [0.1, 0.15) is 0 Å². The normalized spacial score (nSPS) is 10.2. The molecule has 3 aromatic rings. The summed E-state index contributed by atoms with van der Waals surface area (Å²) in [6.45, 7) is 10.3. The quantitative estimate of drug-likeness (QED) is 0.252. The molecule has 0 aliphatic heterocycles. The molecule has 0 atom stereocenters. The number of esters is 2. The average molecular weight is 595 g/mol. The minimum atomic E-state index is -1.10. The third-order valence-corrected chi connectivity index (χ3v) is 5.06. The molecule has 12 heteroatoms. The Balaban J connectivity index is 0.000000326. The Kier molecular flexibility index (Phi) is 14.0. The Labute approximate surface area is 241 Å². The predicted molar refractivity (Wildman–Crippen MR) is 153 cm³/mol. The van der Waals surface area contributed by atoms with Gasteiger partial charge in [0.2, 0.25) is 5.91 Å². The topological polar surface area (TPSA) is 153 Å². The number of nitrogens with zero attached hydrogens (tertiary/aromatic N) is 1. The summed E-state index contributed by atoms with van der Waals surface area (Å²) in [5, 5.41) is 12.9. The number of carboxylic acids is 1. The van der Waals surface area contributed by atoms with Crippen LogP contribution in [0.15, 0.2) is 45.6 Å². The zero-order valence-electron chi connectivity index (χ0n) is 23.0. The lowest BCUT2D eigenvalue weighted by atomic mass is 10.1. The first kappa shape index (κ1) is 34.3. The van der Waals surface area contributed by atoms with E-state index in [-0.39, 0.29) is 28.7 Å². The van der Waals surface area contributed by atoms with Gasteiger partial charge in [-0.1, -0.05) is 50.9 Å². The Hall–Kier alpha value is -3.76. The number of carbonyl (C=O) groups is 4. The first-order valence-corrected chi connectivity index (χ1v) is 13.0. The van der Waals surface area contributed by atoms with Crippen molar-refractivity contribution in [2.24, 2.45) is 11.8 Å². The fourth-order valence-corrected chi connectivity index (χ4v) is 3.44. The highest BCUT2D eigenvalue weighted by atomic mass is 35.5. The Morgan fingerprint density at radius 1 is 0.950 bits per heavy atom. The number of ether oxygens (including phenoxy) is 1. The van der Waals surface area contributed by atoms with Crippen LogP contribution in [0.4, 0.5) is 5.69 Å². The molecule has 1 amide bonds. The summed E-state index contributed by atoms with van der Waals surface area (Å²) >= 11 is 11.6. The maximum atomic E-state index is 11.6. The number of nitrogens with one attached hydrogen (secondary N) is 1. The molecule has 0 bridgehead atoms. The molecule has 1 heterocycles. The number of anilines is 1. The van der Waals surface area contributed by atoms with Crippen LogP contribution in [0.1, 0.15) is 64.2 Å². The molecule has 0 aliphatic carbocycles. The van der Waals surface area contributed by atoms with Crippen LogP contribution >= 0.6 is 23.2 Å². The monoisotopic (exact) mass is 594 g/mol. The second-order valence-electron chi connectivity index (χ2n) is 9.38. The van der Waals surface area contributed by atoms with Gasteiger partial charge in [-0.15, -0.1) is 0 Å². The zero-order valence-corrected chi connectivity index (χ0v) is 24.6. The SMILES string of the molecule is CC(=O)OC(C)=O.CC(C)CC(=O)Nc1cc(Cl)ccc1C(=O)O.CC(C)Cc1nc2cc(Cl)ccc2c(=O)o1. The van der Waals surface area contributed by atoms with E-state index in [0.717, 1.165) is 0 Å². The third kappa shape index (κ3) is 12.9. The highest BCUT2D eigenvalue weighted by Gasteiger charge is 2.13. The van der Waals surface area contributed by atoms with Crippen LogP contribution in [0.25, 0.3) is 10.9 Å². The van der Waals surface area contributed by atoms with Crippen LogP contribution in [-0.4, -0.2) is 33.9 Å². The van der Waals surface area contributed by atoms with E-state index in [4.69, 9.17) is 32.7 Å². The molecule has 1 aromatic heterocycles. The summed E-state index contributed by atoms with van der Waals surface area (Å²) < 4.78 is 9.10. The Morgan fingerprint density at radius 3 is 2.02 bits per heavy atom. The van der Waals surface area contributed by atoms with Crippen molar-refractivity contribution in [3.05, 3.63) is 68.3 Å². The molecule has 0 saturated heterocycles. The van der Waals surface area contributed by atoms with Crippen molar-refractivity contribution in [3.63, 3.8) is 0 Å². The van der Waals surface area contributed by atoms with Crippen molar-refractivity contribution < 1.29 is 33.4 Å². The van der Waals surface area contributed by atoms with Gasteiger partial charge in [0, 0.05) is 36.7 Å². The number of fused-ring (bicyclic) bond motifs is 1. The number of rotatable bonds is 6. The van der Waals surface area contributed by atoms with Gasteiger partial charge < -0.3 is 19.6 Å². The molecule has 2 aromatic carbocycles. The first-order chi connectivity index (χ1) is 18.6. The van der Waals surface area contributed by atoms with E-state index in [1.54, 1.807) is 18.2 Å². The van der Waals surface area contributed by atoms with Crippen LogP contribution < -0.4 is 10.9 Å². The van der Waals surface area contributed by atoms with Crippen LogP contribution in [-0.2, 0) is 25.5 Å². The van der Waals surface area contributed by atoms with Gasteiger partial charge in [-0.2, -0.15) is 0 Å². The molecule has 40 heavy (non-hydrogen) atoms. The fraction of sp³-hybridized carbons (Fsp3) is 0.357. The smallest absolute Gasteiger partial charge is 0.346 e. The molecule has 216 valence electrons. The Morgan fingerprint density at radius 2 is 1.52 bits per heavy atom. The minimum absolute atomic E-state index is 0.0338. The summed E-state index contributed by atoms with van der Waals surface area (Å²) in [6, 6.07) is 9.25. The number of carbonyl (C=O) groups excluding carboxylic acids is 3. The number of aromatic carboxylic acids is 1. The molecule has 3 rings (SSSR count). The molecule has 0 spiro atoms. The van der Waals surface area contributed by atoms with E-state index in [1.807, 2.05) is 27.7 Å². The van der Waals surface area contributed by atoms with Gasteiger partial charge in [-0.3, -0.25) is 14.4 Å². The lowest BCUT2D eigenvalue weighted by Crippen LogP contribution is -2.16. The van der Waals surface area contributed by atoms with Crippen molar-refractivity contribution >= 4 is 63.6 Å². The van der Waals surface area contributed by atoms with Crippen LogP contribution in [0.2, 0.25) is 10.0 Å². The number of halogens is 2. The van der Waals surface area contributed by atoms with Gasteiger partial charge >= 0.3 is 23.5 Å². The minimum Gasteiger partial charge on any atom is -0.478 e. The summed E-state index contributed by atoms with van der Waals surface area (Å²) in [5.74, 6) is -1.37. The maximum Gasteiger partial charge on any atom is 0.346 e. The fourth-order valence-electron chi connectivity index (χ4n) is 3.11. The van der Waals surface area contributed by atoms with Crippen molar-refractivity contribution in [1.29, 1.82) is 0 Å². The summed E-state index contributed by atoms with van der Waals surface area (Å²) in [4.78, 5) is 58.1. The lowest BCUT2D eigenvalue weighted by molar-refractivity contribution is -0.156. The number of benzene rings is 2. The largest absolute Gasteiger partial charge is 0.478 e. The van der Waals surface area contributed by atoms with Gasteiger partial charge in [-0.05, 0) is 48.2 Å². The predicted octanol–water partition coefficient (Wildman–Crippen LogP) is 6.16. The van der Waals surface area contributed by atoms with Crippen LogP contribution in [0.5, 0.6) is 0 Å². The summed E-state index contributed by atoms with van der Waals surface area (Å²) in [7, 11) is 0. The number of aromatic nitrogens is 1. The molecule has 0 aliphatic rings. The molecule has 0 radical (unpaired) electrons. The number of amides is 1. The maximum absolute atomic E-state index is 11.6. The summed E-state index contributed by atoms with van der Waals surface area (Å²) in [6.07, 6.45) is 0.989. The molecular weight excluding hydrogens is 563 g/mol. The van der Waals surface area contributed by atoms with E-state index in [9.17, 15) is 24.0 Å². The molecule has 2 N–H and O–H groups in total. The van der Waals surface area contributed by atoms with Crippen molar-refractivity contribution in [2.75, 3.05) is 5.32 Å². The van der Waals surface area contributed by atoms with E-state index < -0.39 is 17.9 Å². The molecule has 0 fully saturated rings. The van der Waals surface area contributed by atoms with Gasteiger partial charge in [-0.25, -0.2) is 14.6 Å². The highest BCUT2D eigenvalue weighted by molar-refractivity contribution is 6.31. The average Bonchev–Trinajstić information content (AvgIpc) is 2.77. The second-order valence-corrected chi connectivity index (χ2v) is 10.3. The van der Waals surface area contributed by atoms with E-state index in [2.05, 4.69) is 15.0 Å². The number of hydrogen-bond donors (Lipinski definition) is 2. The number of carboxylic acid groups (broad SMARTS) is 1. The van der Waals surface area contributed by atoms with Crippen molar-refractivity contribution in [3.8, 4) is 0 Å². The van der Waals surface area contributed by atoms with Gasteiger partial charge in [0.15, 0.2) is 5.89 Å². The van der Waals surface area contributed by atoms with Crippen molar-refractivity contribution in [2.45, 2.75) is 54.4 Å². The van der Waals surface area contributed by atoms with Gasteiger partial charge in [0.25, 0.3) is 0 Å². The standard InChI is InChI=1S/C12H14ClNO3.C12H12ClNO2.C4H6O3/c1-7(2)5-11(15)14-10-6-8(13)3-4-9(10)12(16)17;1-7(2)5-11-14-10-6-8(13)3-4-9(10)12(15)16-11;1-3(5)7-4(2)6/h3-4,6-7H,5H2,1-2H3,(H,14,15)(H,16,17);3-4,6-7H,5H2,1-2H3;1-2H3. The zero-order chi connectivity index (χ0) is 30.6. The first-order valence-electron chi connectivity index (χ1n) is 12.2. The van der Waals surface area contributed by atoms with E-state index >= 15 is 0 Å². The molecule has 0 saturated carbocycles. The molecule has 10 nitrogen and oxygen atoms in total. The third-order valence-electron chi connectivity index (χ3n) is 4.59. The lowest BCUT2D eigenvalue weighted by Gasteiger charge is -2.10. The highest BCUT2D eigenvalue weighted by Crippen LogP contribution is 2.22. The van der Waals surface area contributed by atoms with Crippen LogP contribution in [0.3, 0.4) is 0 Å². The summed E-state index contributed by atoms with van der Waals surface area (Å²) in [5.41, 5.74) is 0.513. The molecular formula is C28H32Cl2N2O8. The number of hydrogen-bond acceptors (Lipinski definition) is 8. The van der Waals surface area contributed by atoms with E-state index in [0.29, 0.717) is 45.6 Å². The Bertz CT molecular complexity index is 1410. The molecule has 0 unspecified atom stereocenters. The second kappa shape index (κ2) is 16.4. The van der Waals surface area contributed by atoms with Crippen LogP contribution in [0, 0.1) is 11.8 Å².